The maximum absolute atomic E-state index is 14.1. The number of hydrogen-bond acceptors (Lipinski definition) is 3. The van der Waals surface area contributed by atoms with Crippen LogP contribution in [-0.4, -0.2) is 39.8 Å². The molecule has 0 saturated carbocycles. The molecular weight excluding hydrogens is 470 g/mol. The minimum absolute atomic E-state index is 0.0185. The Balaban J connectivity index is 1.49. The van der Waals surface area contributed by atoms with Crippen LogP contribution in [0.2, 0.25) is 10.0 Å². The Morgan fingerprint density at radius 3 is 2.73 bits per heavy atom. The van der Waals surface area contributed by atoms with E-state index in [9.17, 15) is 18.8 Å². The number of halogens is 3. The number of primary amides is 1. The number of nitrogens with zero attached hydrogens (tertiary/aromatic N) is 2. The van der Waals surface area contributed by atoms with E-state index in [1.54, 1.807) is 34.9 Å². The third-order valence-corrected chi connectivity index (χ3v) is 6.30. The van der Waals surface area contributed by atoms with Crippen LogP contribution in [0.15, 0.2) is 42.6 Å². The number of nitrogens with one attached hydrogen (secondary N) is 1. The lowest BCUT2D eigenvalue weighted by Gasteiger charge is -2.24. The summed E-state index contributed by atoms with van der Waals surface area (Å²) < 4.78 is 15.7. The molecule has 3 amide bonds. The quantitative estimate of drug-likeness (QED) is 0.553. The number of amides is 3. The highest BCUT2D eigenvalue weighted by Gasteiger charge is 2.34. The minimum atomic E-state index is -0.661. The van der Waals surface area contributed by atoms with E-state index in [2.05, 4.69) is 5.32 Å². The molecule has 172 valence electrons. The van der Waals surface area contributed by atoms with Gasteiger partial charge in [-0.3, -0.25) is 14.4 Å². The van der Waals surface area contributed by atoms with Gasteiger partial charge in [-0.1, -0.05) is 35.3 Å². The summed E-state index contributed by atoms with van der Waals surface area (Å²) in [5.41, 5.74) is 6.65. The molecule has 1 aliphatic heterocycles. The molecule has 1 atom stereocenters. The monoisotopic (exact) mass is 490 g/mol. The lowest BCUT2D eigenvalue weighted by atomic mass is 10.1. The van der Waals surface area contributed by atoms with Crippen LogP contribution < -0.4 is 11.1 Å². The summed E-state index contributed by atoms with van der Waals surface area (Å²) in [4.78, 5) is 39.2. The summed E-state index contributed by atoms with van der Waals surface area (Å²) in [5.74, 6) is -1.84. The fourth-order valence-electron chi connectivity index (χ4n) is 4.16. The van der Waals surface area contributed by atoms with Crippen molar-refractivity contribution < 1.29 is 18.8 Å². The second kappa shape index (κ2) is 9.41. The first-order chi connectivity index (χ1) is 15.8. The van der Waals surface area contributed by atoms with E-state index in [0.717, 1.165) is 0 Å². The highest BCUT2D eigenvalue weighted by molar-refractivity contribution is 6.31. The zero-order valence-electron chi connectivity index (χ0n) is 17.5. The SMILES string of the molecule is NC(=O)c1cn(CC(=O)N2CCC[C@H]2C(=O)NCc2cccc(Cl)c2F)c2ccc(Cl)cc12. The molecule has 1 saturated heterocycles. The largest absolute Gasteiger partial charge is 0.366 e. The van der Waals surface area contributed by atoms with Crippen molar-refractivity contribution in [3.05, 3.63) is 69.6 Å². The Hall–Kier alpha value is -3.10. The first-order valence-corrected chi connectivity index (χ1v) is 11.1. The number of nitrogens with two attached hydrogens (primary N) is 1. The van der Waals surface area contributed by atoms with Crippen molar-refractivity contribution in [2.24, 2.45) is 5.73 Å². The van der Waals surface area contributed by atoms with Crippen LogP contribution in [0.3, 0.4) is 0 Å². The van der Waals surface area contributed by atoms with E-state index in [0.29, 0.717) is 35.3 Å². The molecule has 4 rings (SSSR count). The van der Waals surface area contributed by atoms with Crippen LogP contribution in [0.25, 0.3) is 10.9 Å². The van der Waals surface area contributed by atoms with Crippen LogP contribution in [0.4, 0.5) is 4.39 Å². The van der Waals surface area contributed by atoms with Gasteiger partial charge in [0, 0.05) is 40.8 Å². The lowest BCUT2D eigenvalue weighted by molar-refractivity contribution is -0.138. The van der Waals surface area contributed by atoms with Gasteiger partial charge in [0.2, 0.25) is 11.8 Å². The summed E-state index contributed by atoms with van der Waals surface area (Å²) in [6.07, 6.45) is 2.70. The zero-order chi connectivity index (χ0) is 23.7. The topological polar surface area (TPSA) is 97.4 Å². The van der Waals surface area contributed by atoms with E-state index in [1.165, 1.54) is 17.2 Å². The molecule has 2 heterocycles. The van der Waals surface area contributed by atoms with Gasteiger partial charge < -0.3 is 20.5 Å². The van der Waals surface area contributed by atoms with Crippen molar-refractivity contribution in [3.8, 4) is 0 Å². The number of likely N-dealkylation sites (tertiary alicyclic amines) is 1. The molecule has 0 aliphatic carbocycles. The third kappa shape index (κ3) is 4.67. The minimum Gasteiger partial charge on any atom is -0.366 e. The molecule has 0 unspecified atom stereocenters. The summed E-state index contributed by atoms with van der Waals surface area (Å²) in [6, 6.07) is 8.92. The molecular formula is C23H21Cl2FN4O3. The lowest BCUT2D eigenvalue weighted by Crippen LogP contribution is -2.46. The van der Waals surface area contributed by atoms with Crippen molar-refractivity contribution in [1.82, 2.24) is 14.8 Å². The molecule has 0 radical (unpaired) electrons. The van der Waals surface area contributed by atoms with Crippen molar-refractivity contribution in [3.63, 3.8) is 0 Å². The van der Waals surface area contributed by atoms with Crippen LogP contribution in [0.1, 0.15) is 28.8 Å². The smallest absolute Gasteiger partial charge is 0.250 e. The summed E-state index contributed by atoms with van der Waals surface area (Å²) in [7, 11) is 0. The van der Waals surface area contributed by atoms with Gasteiger partial charge in [0.25, 0.3) is 5.91 Å². The number of aromatic nitrogens is 1. The maximum atomic E-state index is 14.1. The van der Waals surface area contributed by atoms with Gasteiger partial charge in [-0.15, -0.1) is 0 Å². The van der Waals surface area contributed by atoms with Crippen molar-refractivity contribution in [2.75, 3.05) is 6.54 Å². The van der Waals surface area contributed by atoms with E-state index >= 15 is 0 Å². The van der Waals surface area contributed by atoms with Crippen molar-refractivity contribution >= 4 is 51.8 Å². The van der Waals surface area contributed by atoms with Gasteiger partial charge in [-0.05, 0) is 37.1 Å². The van der Waals surface area contributed by atoms with E-state index in [-0.39, 0.29) is 41.1 Å². The Morgan fingerprint density at radius 1 is 1.18 bits per heavy atom. The van der Waals surface area contributed by atoms with Crippen LogP contribution in [0.5, 0.6) is 0 Å². The Kier molecular flexibility index (Phi) is 6.58. The number of fused-ring (bicyclic) bond motifs is 1. The number of carbonyl (C=O) groups is 3. The third-order valence-electron chi connectivity index (χ3n) is 5.77. The normalized spacial score (nSPS) is 15.7. The molecule has 1 fully saturated rings. The van der Waals surface area contributed by atoms with E-state index < -0.39 is 17.8 Å². The molecule has 10 heteroatoms. The second-order valence-electron chi connectivity index (χ2n) is 7.87. The van der Waals surface area contributed by atoms with Crippen LogP contribution in [-0.2, 0) is 22.7 Å². The summed E-state index contributed by atoms with van der Waals surface area (Å²) in [5, 5.41) is 3.68. The number of rotatable bonds is 6. The molecule has 1 aromatic heterocycles. The molecule has 0 spiro atoms. The predicted molar refractivity (Wildman–Crippen MR) is 123 cm³/mol. The van der Waals surface area contributed by atoms with E-state index in [4.69, 9.17) is 28.9 Å². The highest BCUT2D eigenvalue weighted by atomic mass is 35.5. The standard InChI is InChI=1S/C23H21Cl2FN4O3/c24-14-6-7-18-15(9-14)16(22(27)32)11-29(18)12-20(31)30-8-2-5-19(30)23(33)28-10-13-3-1-4-17(25)21(13)26/h1,3-4,6-7,9,11,19H,2,5,8,10,12H2,(H2,27,32)(H,28,33)/t19-/m0/s1. The van der Waals surface area contributed by atoms with Crippen LogP contribution >= 0.6 is 23.2 Å². The number of hydrogen-bond donors (Lipinski definition) is 2. The van der Waals surface area contributed by atoms with Gasteiger partial charge in [0.1, 0.15) is 18.4 Å². The Bertz CT molecular complexity index is 1260. The molecule has 7 nitrogen and oxygen atoms in total. The number of benzene rings is 2. The van der Waals surface area contributed by atoms with Gasteiger partial charge in [-0.2, -0.15) is 0 Å². The van der Waals surface area contributed by atoms with Gasteiger partial charge in [0.05, 0.1) is 10.6 Å². The molecule has 3 N–H and O–H groups in total. The summed E-state index contributed by atoms with van der Waals surface area (Å²) >= 11 is 11.8. The van der Waals surface area contributed by atoms with E-state index in [1.807, 2.05) is 0 Å². The maximum Gasteiger partial charge on any atom is 0.250 e. The fourth-order valence-corrected chi connectivity index (χ4v) is 4.52. The van der Waals surface area contributed by atoms with Gasteiger partial charge >= 0.3 is 0 Å². The average molecular weight is 491 g/mol. The second-order valence-corrected chi connectivity index (χ2v) is 8.72. The predicted octanol–water partition coefficient (Wildman–Crippen LogP) is 3.49. The summed E-state index contributed by atoms with van der Waals surface area (Å²) in [6.45, 7) is 0.322. The number of carbonyl (C=O) groups excluding carboxylic acids is 3. The van der Waals surface area contributed by atoms with Crippen LogP contribution in [0, 0.1) is 5.82 Å². The Labute approximate surface area is 199 Å². The van der Waals surface area contributed by atoms with Gasteiger partial charge in [-0.25, -0.2) is 4.39 Å². The molecule has 3 aromatic rings. The molecule has 1 aliphatic rings. The van der Waals surface area contributed by atoms with Gasteiger partial charge in [0.15, 0.2) is 0 Å². The fraction of sp³-hybridized carbons (Fsp3) is 0.261. The van der Waals surface area contributed by atoms with Crippen molar-refractivity contribution in [1.29, 1.82) is 0 Å². The molecule has 0 bridgehead atoms. The Morgan fingerprint density at radius 2 is 1.97 bits per heavy atom. The average Bonchev–Trinajstić information content (AvgIpc) is 3.40. The first kappa shape index (κ1) is 23.1. The molecule has 33 heavy (non-hydrogen) atoms. The first-order valence-electron chi connectivity index (χ1n) is 10.3. The van der Waals surface area contributed by atoms with Crippen molar-refractivity contribution in [2.45, 2.75) is 32.0 Å². The molecule has 2 aromatic carbocycles. The highest BCUT2D eigenvalue weighted by Crippen LogP contribution is 2.26. The zero-order valence-corrected chi connectivity index (χ0v) is 19.0.